The van der Waals surface area contributed by atoms with Crippen molar-refractivity contribution in [1.29, 1.82) is 5.41 Å². The summed E-state index contributed by atoms with van der Waals surface area (Å²) in [5.41, 5.74) is 5.23. The highest BCUT2D eigenvalue weighted by atomic mass is 15.4. The molecule has 0 aromatic rings. The van der Waals surface area contributed by atoms with Crippen LogP contribution in [0.25, 0.3) is 0 Å². The number of nitrogens with two attached hydrogens (primary N) is 2. The maximum absolute atomic E-state index is 6.69. The number of hydrogen-bond acceptors (Lipinski definition) is 4. The summed E-state index contributed by atoms with van der Waals surface area (Å²) in [5, 5.41) is 8.26. The lowest BCUT2D eigenvalue weighted by atomic mass is 10.4. The van der Waals surface area contributed by atoms with Gasteiger partial charge in [0.15, 0.2) is 0 Å². The van der Waals surface area contributed by atoms with Crippen LogP contribution in [0.15, 0.2) is 0 Å². The fourth-order valence-corrected chi connectivity index (χ4v) is 0.503. The Kier molecular flexibility index (Phi) is 5.40. The molecule has 0 aliphatic heterocycles. The van der Waals surface area contributed by atoms with Crippen LogP contribution in [-0.2, 0) is 0 Å². The molecule has 0 amide bonds. The maximum atomic E-state index is 6.69. The second-order valence-electron chi connectivity index (χ2n) is 1.84. The molecule has 4 heteroatoms. The number of rotatable bonds is 5. The molecule has 5 N–H and O–H groups in total. The zero-order valence-electron chi connectivity index (χ0n) is 5.51. The minimum atomic E-state index is 0.514. The molecule has 0 saturated heterocycles. The van der Waals surface area contributed by atoms with Crippen molar-refractivity contribution in [3.05, 3.63) is 0 Å². The molecule has 0 unspecified atom stereocenters. The quantitative estimate of drug-likeness (QED) is 0.258. The Morgan fingerprint density at radius 1 is 1.56 bits per heavy atom. The van der Waals surface area contributed by atoms with Crippen LogP contribution in [0, 0.1) is 5.41 Å². The monoisotopic (exact) mass is 130 g/mol. The lowest BCUT2D eigenvalue weighted by Crippen LogP contribution is -2.34. The molecule has 0 aliphatic rings. The Morgan fingerprint density at radius 3 is 2.67 bits per heavy atom. The lowest BCUT2D eigenvalue weighted by molar-refractivity contribution is 0.323. The summed E-state index contributed by atoms with van der Waals surface area (Å²) >= 11 is 0. The van der Waals surface area contributed by atoms with Crippen molar-refractivity contribution in [3.63, 3.8) is 0 Å². The summed E-state index contributed by atoms with van der Waals surface area (Å²) in [7, 11) is 0. The SMILES string of the molecule is N=CCN(N)CCCN. The predicted octanol–water partition coefficient (Wildman–Crippen LogP) is -0.840. The van der Waals surface area contributed by atoms with Crippen molar-refractivity contribution in [2.45, 2.75) is 6.42 Å². The second-order valence-corrected chi connectivity index (χ2v) is 1.84. The van der Waals surface area contributed by atoms with Gasteiger partial charge < -0.3 is 11.1 Å². The second kappa shape index (κ2) is 5.68. The molecule has 0 radical (unpaired) electrons. The standard InChI is InChI=1S/C5H14N4/c6-2-1-4-9(8)5-3-7/h3,7H,1-2,4-6,8H2. The molecule has 0 aromatic heterocycles. The molecule has 0 atom stereocenters. The molecule has 0 aliphatic carbocycles. The van der Waals surface area contributed by atoms with Crippen molar-refractivity contribution < 1.29 is 0 Å². The molecule has 0 spiro atoms. The molecule has 0 aromatic carbocycles. The normalized spacial score (nSPS) is 10.1. The van der Waals surface area contributed by atoms with Crippen molar-refractivity contribution in [3.8, 4) is 0 Å². The number of nitrogens with zero attached hydrogens (tertiary/aromatic N) is 1. The van der Waals surface area contributed by atoms with Crippen molar-refractivity contribution in [2.75, 3.05) is 19.6 Å². The van der Waals surface area contributed by atoms with E-state index in [1.165, 1.54) is 6.21 Å². The van der Waals surface area contributed by atoms with Gasteiger partial charge in [0, 0.05) is 19.3 Å². The van der Waals surface area contributed by atoms with Gasteiger partial charge in [-0.3, -0.25) is 5.84 Å². The largest absolute Gasteiger partial charge is 0.330 e. The third-order valence-electron chi connectivity index (χ3n) is 0.975. The first kappa shape index (κ1) is 8.55. The maximum Gasteiger partial charge on any atom is 0.0475 e. The van der Waals surface area contributed by atoms with Gasteiger partial charge >= 0.3 is 0 Å². The van der Waals surface area contributed by atoms with Gasteiger partial charge in [0.25, 0.3) is 0 Å². The average Bonchev–Trinajstić information content (AvgIpc) is 1.85. The topological polar surface area (TPSA) is 79.1 Å². The zero-order valence-corrected chi connectivity index (χ0v) is 5.51. The van der Waals surface area contributed by atoms with Crippen LogP contribution in [0.1, 0.15) is 6.42 Å². The van der Waals surface area contributed by atoms with E-state index in [2.05, 4.69) is 0 Å². The Morgan fingerprint density at radius 2 is 2.22 bits per heavy atom. The van der Waals surface area contributed by atoms with Crippen LogP contribution in [0.2, 0.25) is 0 Å². The Bertz CT molecular complexity index is 73.4. The third-order valence-corrected chi connectivity index (χ3v) is 0.975. The van der Waals surface area contributed by atoms with Crippen LogP contribution >= 0.6 is 0 Å². The van der Waals surface area contributed by atoms with Crippen molar-refractivity contribution in [1.82, 2.24) is 5.01 Å². The van der Waals surface area contributed by atoms with Gasteiger partial charge in [-0.15, -0.1) is 0 Å². The zero-order chi connectivity index (χ0) is 7.11. The van der Waals surface area contributed by atoms with Gasteiger partial charge in [-0.25, -0.2) is 5.01 Å². The minimum absolute atomic E-state index is 0.514. The van der Waals surface area contributed by atoms with Gasteiger partial charge in [-0.2, -0.15) is 0 Å². The van der Waals surface area contributed by atoms with E-state index in [9.17, 15) is 0 Å². The van der Waals surface area contributed by atoms with E-state index in [1.54, 1.807) is 5.01 Å². The van der Waals surface area contributed by atoms with Crippen LogP contribution in [-0.4, -0.2) is 30.9 Å². The van der Waals surface area contributed by atoms with E-state index in [-0.39, 0.29) is 0 Å². The van der Waals surface area contributed by atoms with E-state index in [4.69, 9.17) is 17.0 Å². The summed E-state index contributed by atoms with van der Waals surface area (Å²) in [4.78, 5) is 0. The molecule has 9 heavy (non-hydrogen) atoms. The first-order chi connectivity index (χ1) is 4.31. The molecule has 0 bridgehead atoms. The van der Waals surface area contributed by atoms with E-state index in [1.807, 2.05) is 0 Å². The van der Waals surface area contributed by atoms with Crippen LogP contribution < -0.4 is 11.6 Å². The van der Waals surface area contributed by atoms with E-state index in [0.717, 1.165) is 13.0 Å². The number of hydrazine groups is 1. The van der Waals surface area contributed by atoms with Crippen LogP contribution in [0.4, 0.5) is 0 Å². The molecule has 54 valence electrons. The summed E-state index contributed by atoms with van der Waals surface area (Å²) in [6.07, 6.45) is 2.17. The van der Waals surface area contributed by atoms with Gasteiger partial charge in [0.05, 0.1) is 0 Å². The van der Waals surface area contributed by atoms with Gasteiger partial charge in [-0.05, 0) is 13.0 Å². The predicted molar refractivity (Wildman–Crippen MR) is 38.2 cm³/mol. The highest BCUT2D eigenvalue weighted by Gasteiger charge is 1.92. The smallest absolute Gasteiger partial charge is 0.0475 e. The first-order valence-electron chi connectivity index (χ1n) is 3.00. The fourth-order valence-electron chi connectivity index (χ4n) is 0.503. The molecule has 4 nitrogen and oxygen atoms in total. The summed E-state index contributed by atoms with van der Waals surface area (Å²) in [6.45, 7) is 1.94. The van der Waals surface area contributed by atoms with Gasteiger partial charge in [0.1, 0.15) is 0 Å². The Balaban J connectivity index is 3.04. The van der Waals surface area contributed by atoms with Crippen molar-refractivity contribution in [2.24, 2.45) is 11.6 Å². The van der Waals surface area contributed by atoms with Gasteiger partial charge in [0.2, 0.25) is 0 Å². The molecule has 0 fully saturated rings. The number of hydrogen-bond donors (Lipinski definition) is 3. The molecular weight excluding hydrogens is 116 g/mol. The molecule has 0 heterocycles. The third kappa shape index (κ3) is 5.42. The molecule has 0 rings (SSSR count). The molecule has 0 saturated carbocycles. The summed E-state index contributed by atoms with van der Waals surface area (Å²) < 4.78 is 0. The fraction of sp³-hybridized carbons (Fsp3) is 0.800. The summed E-state index contributed by atoms with van der Waals surface area (Å²) in [5.74, 6) is 5.40. The van der Waals surface area contributed by atoms with Crippen LogP contribution in [0.3, 0.4) is 0 Å². The highest BCUT2D eigenvalue weighted by molar-refractivity contribution is 5.55. The summed E-state index contributed by atoms with van der Waals surface area (Å²) in [6, 6.07) is 0. The number of nitrogens with one attached hydrogen (secondary N) is 1. The van der Waals surface area contributed by atoms with Crippen molar-refractivity contribution >= 4 is 6.21 Å². The average molecular weight is 130 g/mol. The van der Waals surface area contributed by atoms with E-state index < -0.39 is 0 Å². The van der Waals surface area contributed by atoms with Crippen LogP contribution in [0.5, 0.6) is 0 Å². The first-order valence-corrected chi connectivity index (χ1v) is 3.00. The minimum Gasteiger partial charge on any atom is -0.330 e. The van der Waals surface area contributed by atoms with E-state index >= 15 is 0 Å². The van der Waals surface area contributed by atoms with E-state index in [0.29, 0.717) is 13.1 Å². The highest BCUT2D eigenvalue weighted by Crippen LogP contribution is 1.77. The Hall–Kier alpha value is -0.450. The Labute approximate surface area is 55.3 Å². The lowest BCUT2D eigenvalue weighted by Gasteiger charge is -2.11. The molecular formula is C5H14N4. The van der Waals surface area contributed by atoms with Gasteiger partial charge in [-0.1, -0.05) is 0 Å².